The van der Waals surface area contributed by atoms with E-state index in [-0.39, 0.29) is 12.0 Å². The summed E-state index contributed by atoms with van der Waals surface area (Å²) in [6.45, 7) is 3.49. The van der Waals surface area contributed by atoms with Crippen LogP contribution in [0.4, 0.5) is 0 Å². The molecule has 2 rings (SSSR count). The first-order chi connectivity index (χ1) is 6.81. The zero-order chi connectivity index (χ0) is 9.97. The molecule has 0 saturated carbocycles. The molecule has 0 aliphatic carbocycles. The molecule has 1 N–H and O–H groups in total. The van der Waals surface area contributed by atoms with Crippen molar-refractivity contribution in [1.29, 1.82) is 0 Å². The molecule has 0 spiro atoms. The Balaban J connectivity index is 1.86. The smallest absolute Gasteiger partial charge is 0.227 e. The number of carbonyl (C=O) groups is 1. The van der Waals surface area contributed by atoms with Crippen LogP contribution in [0.5, 0.6) is 0 Å². The fourth-order valence-corrected chi connectivity index (χ4v) is 2.24. The third kappa shape index (κ3) is 1.91. The molecule has 0 unspecified atom stereocenters. The highest BCUT2D eigenvalue weighted by molar-refractivity contribution is 5.79. The van der Waals surface area contributed by atoms with E-state index in [9.17, 15) is 4.79 Å². The summed E-state index contributed by atoms with van der Waals surface area (Å²) >= 11 is 0. The monoisotopic (exact) mass is 198 g/mol. The summed E-state index contributed by atoms with van der Waals surface area (Å²) < 4.78 is 5.24. The van der Waals surface area contributed by atoms with Crippen LogP contribution >= 0.6 is 0 Å². The fraction of sp³-hybridized carbons (Fsp3) is 0.900. The second kappa shape index (κ2) is 4.28. The van der Waals surface area contributed by atoms with Gasteiger partial charge in [0.25, 0.3) is 0 Å². The lowest BCUT2D eigenvalue weighted by molar-refractivity contribution is -0.134. The van der Waals surface area contributed by atoms with Crippen molar-refractivity contribution in [3.05, 3.63) is 0 Å². The number of ether oxygens (including phenoxy) is 1. The van der Waals surface area contributed by atoms with Crippen LogP contribution < -0.4 is 5.32 Å². The van der Waals surface area contributed by atoms with Crippen molar-refractivity contribution in [3.63, 3.8) is 0 Å². The minimum atomic E-state index is 0.214. The first kappa shape index (κ1) is 9.93. The highest BCUT2D eigenvalue weighted by Gasteiger charge is 2.31. The van der Waals surface area contributed by atoms with Crippen LogP contribution in [-0.2, 0) is 9.53 Å². The largest absolute Gasteiger partial charge is 0.380 e. The molecule has 2 fully saturated rings. The van der Waals surface area contributed by atoms with Crippen LogP contribution in [0.3, 0.4) is 0 Å². The van der Waals surface area contributed by atoms with E-state index in [1.165, 1.54) is 0 Å². The Morgan fingerprint density at radius 2 is 2.36 bits per heavy atom. The summed E-state index contributed by atoms with van der Waals surface area (Å²) in [5, 5.41) is 3.22. The lowest BCUT2D eigenvalue weighted by Gasteiger charge is -2.19. The molecule has 4 nitrogen and oxygen atoms in total. The van der Waals surface area contributed by atoms with Gasteiger partial charge in [0.15, 0.2) is 0 Å². The average molecular weight is 198 g/mol. The molecule has 2 aliphatic heterocycles. The Kier molecular flexibility index (Phi) is 3.03. The Morgan fingerprint density at radius 3 is 2.93 bits per heavy atom. The molecule has 4 heteroatoms. The number of methoxy groups -OCH3 is 1. The van der Waals surface area contributed by atoms with Crippen LogP contribution in [0.2, 0.25) is 0 Å². The molecule has 0 radical (unpaired) electrons. The molecular weight excluding hydrogens is 180 g/mol. The number of nitrogens with one attached hydrogen (secondary N) is 1. The standard InChI is InChI=1S/C10H18N2O2/c1-14-9-3-5-12(7-9)10(13)8-2-4-11-6-8/h8-9,11H,2-7H2,1H3/t8-,9+/m0/s1. The van der Waals surface area contributed by atoms with Crippen molar-refractivity contribution in [2.24, 2.45) is 5.92 Å². The maximum absolute atomic E-state index is 11.9. The topological polar surface area (TPSA) is 41.6 Å². The zero-order valence-corrected chi connectivity index (χ0v) is 8.66. The number of carbonyl (C=O) groups excluding carboxylic acids is 1. The van der Waals surface area contributed by atoms with Crippen molar-refractivity contribution in [3.8, 4) is 0 Å². The Hall–Kier alpha value is -0.610. The van der Waals surface area contributed by atoms with Gasteiger partial charge in [-0.2, -0.15) is 0 Å². The van der Waals surface area contributed by atoms with Crippen molar-refractivity contribution < 1.29 is 9.53 Å². The van der Waals surface area contributed by atoms with Gasteiger partial charge in [-0.15, -0.1) is 0 Å². The summed E-state index contributed by atoms with van der Waals surface area (Å²) in [4.78, 5) is 13.9. The molecule has 1 amide bonds. The van der Waals surface area contributed by atoms with E-state index in [0.29, 0.717) is 5.91 Å². The van der Waals surface area contributed by atoms with Crippen molar-refractivity contribution in [2.45, 2.75) is 18.9 Å². The zero-order valence-electron chi connectivity index (χ0n) is 8.66. The van der Waals surface area contributed by atoms with E-state index in [0.717, 1.165) is 39.0 Å². The molecular formula is C10H18N2O2. The number of nitrogens with zero attached hydrogens (tertiary/aromatic N) is 1. The quantitative estimate of drug-likeness (QED) is 0.670. The fourth-order valence-electron chi connectivity index (χ4n) is 2.24. The maximum Gasteiger partial charge on any atom is 0.227 e. The molecule has 0 bridgehead atoms. The second-order valence-electron chi connectivity index (χ2n) is 4.12. The van der Waals surface area contributed by atoms with E-state index in [1.54, 1.807) is 7.11 Å². The van der Waals surface area contributed by atoms with Gasteiger partial charge in [0.05, 0.1) is 12.0 Å². The van der Waals surface area contributed by atoms with Gasteiger partial charge in [-0.05, 0) is 19.4 Å². The maximum atomic E-state index is 11.9. The summed E-state index contributed by atoms with van der Waals surface area (Å²) in [5.41, 5.74) is 0. The molecule has 0 aromatic heterocycles. The van der Waals surface area contributed by atoms with Crippen LogP contribution in [0, 0.1) is 5.92 Å². The summed E-state index contributed by atoms with van der Waals surface area (Å²) in [7, 11) is 1.72. The average Bonchev–Trinajstić information content (AvgIpc) is 2.88. The first-order valence-electron chi connectivity index (χ1n) is 5.33. The van der Waals surface area contributed by atoms with Crippen LogP contribution in [0.25, 0.3) is 0 Å². The van der Waals surface area contributed by atoms with Crippen LogP contribution in [0.15, 0.2) is 0 Å². The Labute approximate surface area is 84.6 Å². The third-order valence-corrected chi connectivity index (χ3v) is 3.20. The van der Waals surface area contributed by atoms with Gasteiger partial charge in [0.1, 0.15) is 0 Å². The molecule has 0 aromatic carbocycles. The molecule has 2 aliphatic rings. The molecule has 14 heavy (non-hydrogen) atoms. The lowest BCUT2D eigenvalue weighted by Crippen LogP contribution is -2.36. The first-order valence-corrected chi connectivity index (χ1v) is 5.33. The normalized spacial score (nSPS) is 32.5. The van der Waals surface area contributed by atoms with Crippen LogP contribution in [-0.4, -0.2) is 50.2 Å². The Bertz CT molecular complexity index is 214. The van der Waals surface area contributed by atoms with Gasteiger partial charge >= 0.3 is 0 Å². The summed E-state index contributed by atoms with van der Waals surface area (Å²) in [5.74, 6) is 0.528. The Morgan fingerprint density at radius 1 is 1.50 bits per heavy atom. The minimum absolute atomic E-state index is 0.214. The highest BCUT2D eigenvalue weighted by Crippen LogP contribution is 2.18. The SMILES string of the molecule is CO[C@@H]1CCN(C(=O)[C@H]2CCNC2)C1. The van der Waals surface area contributed by atoms with Crippen LogP contribution in [0.1, 0.15) is 12.8 Å². The third-order valence-electron chi connectivity index (χ3n) is 3.20. The number of hydrogen-bond acceptors (Lipinski definition) is 3. The predicted molar refractivity (Wildman–Crippen MR) is 53.0 cm³/mol. The van der Waals surface area contributed by atoms with Gasteiger partial charge in [-0.3, -0.25) is 4.79 Å². The molecule has 2 heterocycles. The summed E-state index contributed by atoms with van der Waals surface area (Å²) in [6.07, 6.45) is 2.24. The molecule has 2 atom stereocenters. The predicted octanol–water partition coefficient (Wildman–Crippen LogP) is -0.157. The van der Waals surface area contributed by atoms with Gasteiger partial charge in [0.2, 0.25) is 5.91 Å². The van der Waals surface area contributed by atoms with E-state index < -0.39 is 0 Å². The minimum Gasteiger partial charge on any atom is -0.380 e. The van der Waals surface area contributed by atoms with Gasteiger partial charge in [-0.25, -0.2) is 0 Å². The van der Waals surface area contributed by atoms with Gasteiger partial charge in [0, 0.05) is 26.7 Å². The molecule has 0 aromatic rings. The van der Waals surface area contributed by atoms with E-state index in [1.807, 2.05) is 4.90 Å². The van der Waals surface area contributed by atoms with Crippen molar-refractivity contribution in [2.75, 3.05) is 33.3 Å². The second-order valence-corrected chi connectivity index (χ2v) is 4.12. The van der Waals surface area contributed by atoms with E-state index in [4.69, 9.17) is 4.74 Å². The summed E-state index contributed by atoms with van der Waals surface area (Å²) in [6, 6.07) is 0. The number of likely N-dealkylation sites (tertiary alicyclic amines) is 1. The van der Waals surface area contributed by atoms with Crippen molar-refractivity contribution in [1.82, 2.24) is 10.2 Å². The number of amides is 1. The number of hydrogen-bond donors (Lipinski definition) is 1. The van der Waals surface area contributed by atoms with E-state index >= 15 is 0 Å². The number of rotatable bonds is 2. The molecule has 80 valence electrons. The van der Waals surface area contributed by atoms with E-state index in [2.05, 4.69) is 5.32 Å². The van der Waals surface area contributed by atoms with Gasteiger partial charge in [-0.1, -0.05) is 0 Å². The molecule has 2 saturated heterocycles. The highest BCUT2D eigenvalue weighted by atomic mass is 16.5. The lowest BCUT2D eigenvalue weighted by atomic mass is 10.1. The van der Waals surface area contributed by atoms with Gasteiger partial charge < -0.3 is 15.0 Å². The van der Waals surface area contributed by atoms with Crippen molar-refractivity contribution >= 4 is 5.91 Å².